The molecule has 1 aromatic rings. The van der Waals surface area contributed by atoms with E-state index in [1.54, 1.807) is 6.33 Å². The summed E-state index contributed by atoms with van der Waals surface area (Å²) in [6.45, 7) is 6.92. The molecule has 2 fully saturated rings. The van der Waals surface area contributed by atoms with Gasteiger partial charge in [0, 0.05) is 24.3 Å². The molecular formula is C14H21N3O. The van der Waals surface area contributed by atoms with Crippen LogP contribution in [-0.2, 0) is 4.74 Å². The number of rotatable bonds is 1. The third-order valence-corrected chi connectivity index (χ3v) is 4.37. The van der Waals surface area contributed by atoms with E-state index in [-0.39, 0.29) is 5.60 Å². The summed E-state index contributed by atoms with van der Waals surface area (Å²) in [7, 11) is 0. The van der Waals surface area contributed by atoms with Crippen molar-refractivity contribution in [1.29, 1.82) is 0 Å². The Labute approximate surface area is 108 Å². The third kappa shape index (κ3) is 1.99. The van der Waals surface area contributed by atoms with Gasteiger partial charge in [0.05, 0.1) is 12.2 Å². The number of hydrogen-bond donors (Lipinski definition) is 0. The molecule has 98 valence electrons. The van der Waals surface area contributed by atoms with Gasteiger partial charge >= 0.3 is 0 Å². The standard InChI is InChI=1S/C14H21N3O/c1-11-12(2)15-10-16-13(11)17-7-8-18-14(9-17)5-3-4-6-14/h10H,3-9H2,1-2H3. The van der Waals surface area contributed by atoms with Gasteiger partial charge in [-0.05, 0) is 26.7 Å². The highest BCUT2D eigenvalue weighted by Crippen LogP contribution is 2.37. The van der Waals surface area contributed by atoms with Gasteiger partial charge in [-0.15, -0.1) is 0 Å². The number of aryl methyl sites for hydroxylation is 1. The van der Waals surface area contributed by atoms with Crippen molar-refractivity contribution in [3.05, 3.63) is 17.6 Å². The molecule has 4 nitrogen and oxygen atoms in total. The first-order valence-electron chi connectivity index (χ1n) is 6.87. The lowest BCUT2D eigenvalue weighted by atomic mass is 9.99. The zero-order valence-electron chi connectivity index (χ0n) is 11.3. The molecule has 1 saturated carbocycles. The predicted octanol–water partition coefficient (Wildman–Crippen LogP) is 2.24. The molecule has 1 saturated heterocycles. The predicted molar refractivity (Wildman–Crippen MR) is 70.9 cm³/mol. The second kappa shape index (κ2) is 4.50. The highest BCUT2D eigenvalue weighted by Gasteiger charge is 2.39. The van der Waals surface area contributed by atoms with Gasteiger partial charge in [0.25, 0.3) is 0 Å². The minimum absolute atomic E-state index is 0.101. The maximum Gasteiger partial charge on any atom is 0.135 e. The van der Waals surface area contributed by atoms with Gasteiger partial charge in [-0.25, -0.2) is 9.97 Å². The SMILES string of the molecule is Cc1ncnc(N2CCOC3(CCCC3)C2)c1C. The molecule has 0 bridgehead atoms. The maximum absolute atomic E-state index is 6.06. The summed E-state index contributed by atoms with van der Waals surface area (Å²) in [4.78, 5) is 11.1. The number of ether oxygens (including phenoxy) is 1. The number of anilines is 1. The Morgan fingerprint density at radius 1 is 1.22 bits per heavy atom. The van der Waals surface area contributed by atoms with Crippen LogP contribution in [0.15, 0.2) is 6.33 Å². The second-order valence-corrected chi connectivity index (χ2v) is 5.57. The van der Waals surface area contributed by atoms with Crippen molar-refractivity contribution in [3.8, 4) is 0 Å². The first kappa shape index (κ1) is 11.9. The second-order valence-electron chi connectivity index (χ2n) is 5.57. The van der Waals surface area contributed by atoms with E-state index in [1.807, 2.05) is 6.92 Å². The molecule has 2 aliphatic rings. The molecular weight excluding hydrogens is 226 g/mol. The Bertz CT molecular complexity index is 441. The third-order valence-electron chi connectivity index (χ3n) is 4.37. The van der Waals surface area contributed by atoms with Crippen molar-refractivity contribution in [2.75, 3.05) is 24.6 Å². The van der Waals surface area contributed by atoms with Gasteiger partial charge in [0.15, 0.2) is 0 Å². The quantitative estimate of drug-likeness (QED) is 0.763. The summed E-state index contributed by atoms with van der Waals surface area (Å²) in [5.41, 5.74) is 2.38. The fraction of sp³-hybridized carbons (Fsp3) is 0.714. The molecule has 1 spiro atoms. The summed E-state index contributed by atoms with van der Waals surface area (Å²) < 4.78 is 6.06. The molecule has 0 atom stereocenters. The van der Waals surface area contributed by atoms with Crippen LogP contribution in [0.25, 0.3) is 0 Å². The Kier molecular flexibility index (Phi) is 2.98. The smallest absolute Gasteiger partial charge is 0.135 e. The molecule has 1 aliphatic carbocycles. The fourth-order valence-electron chi connectivity index (χ4n) is 3.19. The van der Waals surface area contributed by atoms with Crippen molar-refractivity contribution in [2.45, 2.75) is 45.1 Å². The summed E-state index contributed by atoms with van der Waals surface area (Å²) in [5, 5.41) is 0. The lowest BCUT2D eigenvalue weighted by Crippen LogP contribution is -2.51. The van der Waals surface area contributed by atoms with E-state index < -0.39 is 0 Å². The van der Waals surface area contributed by atoms with Gasteiger partial charge < -0.3 is 9.64 Å². The molecule has 0 radical (unpaired) electrons. The highest BCUT2D eigenvalue weighted by atomic mass is 16.5. The van der Waals surface area contributed by atoms with Crippen molar-refractivity contribution in [3.63, 3.8) is 0 Å². The molecule has 1 aromatic heterocycles. The van der Waals surface area contributed by atoms with Gasteiger partial charge in [-0.2, -0.15) is 0 Å². The molecule has 0 unspecified atom stereocenters. The summed E-state index contributed by atoms with van der Waals surface area (Å²) in [6.07, 6.45) is 6.68. The van der Waals surface area contributed by atoms with Gasteiger partial charge in [-0.1, -0.05) is 12.8 Å². The van der Waals surface area contributed by atoms with Crippen molar-refractivity contribution < 1.29 is 4.74 Å². The Balaban J connectivity index is 1.85. The highest BCUT2D eigenvalue weighted by molar-refractivity contribution is 5.48. The Morgan fingerprint density at radius 2 is 2.00 bits per heavy atom. The van der Waals surface area contributed by atoms with E-state index in [0.29, 0.717) is 0 Å². The summed E-state index contributed by atoms with van der Waals surface area (Å²) in [5.74, 6) is 1.09. The first-order chi connectivity index (χ1) is 8.70. The number of hydrogen-bond acceptors (Lipinski definition) is 4. The summed E-state index contributed by atoms with van der Waals surface area (Å²) >= 11 is 0. The number of aromatic nitrogens is 2. The van der Waals surface area contributed by atoms with E-state index in [0.717, 1.165) is 31.2 Å². The van der Waals surface area contributed by atoms with Crippen LogP contribution in [0.2, 0.25) is 0 Å². The maximum atomic E-state index is 6.06. The van der Waals surface area contributed by atoms with Crippen LogP contribution in [0, 0.1) is 13.8 Å². The lowest BCUT2D eigenvalue weighted by molar-refractivity contribution is -0.0503. The molecule has 0 N–H and O–H groups in total. The molecule has 4 heteroatoms. The number of nitrogens with zero attached hydrogens (tertiary/aromatic N) is 3. The van der Waals surface area contributed by atoms with Crippen molar-refractivity contribution in [1.82, 2.24) is 9.97 Å². The topological polar surface area (TPSA) is 38.2 Å². The van der Waals surface area contributed by atoms with E-state index in [9.17, 15) is 0 Å². The normalized spacial score (nSPS) is 22.7. The van der Waals surface area contributed by atoms with Crippen LogP contribution in [0.5, 0.6) is 0 Å². The van der Waals surface area contributed by atoms with Crippen molar-refractivity contribution in [2.24, 2.45) is 0 Å². The van der Waals surface area contributed by atoms with E-state index in [1.165, 1.54) is 31.2 Å². The Morgan fingerprint density at radius 3 is 2.78 bits per heavy atom. The van der Waals surface area contributed by atoms with Crippen molar-refractivity contribution >= 4 is 5.82 Å². The molecule has 18 heavy (non-hydrogen) atoms. The Hall–Kier alpha value is -1.16. The fourth-order valence-corrected chi connectivity index (χ4v) is 3.19. The van der Waals surface area contributed by atoms with Crippen LogP contribution in [0.4, 0.5) is 5.82 Å². The molecule has 0 amide bonds. The zero-order chi connectivity index (χ0) is 12.6. The van der Waals surface area contributed by atoms with E-state index >= 15 is 0 Å². The molecule has 1 aliphatic heterocycles. The van der Waals surface area contributed by atoms with Crippen LogP contribution >= 0.6 is 0 Å². The van der Waals surface area contributed by atoms with E-state index in [2.05, 4.69) is 21.8 Å². The zero-order valence-corrected chi connectivity index (χ0v) is 11.3. The monoisotopic (exact) mass is 247 g/mol. The minimum atomic E-state index is 0.101. The van der Waals surface area contributed by atoms with Gasteiger partial charge in [0.1, 0.15) is 12.1 Å². The van der Waals surface area contributed by atoms with Crippen LogP contribution < -0.4 is 4.90 Å². The minimum Gasteiger partial charge on any atom is -0.371 e. The van der Waals surface area contributed by atoms with E-state index in [4.69, 9.17) is 4.74 Å². The first-order valence-corrected chi connectivity index (χ1v) is 6.87. The average molecular weight is 247 g/mol. The lowest BCUT2D eigenvalue weighted by Gasteiger charge is -2.41. The van der Waals surface area contributed by atoms with Gasteiger partial charge in [0.2, 0.25) is 0 Å². The molecule has 2 heterocycles. The largest absolute Gasteiger partial charge is 0.371 e. The van der Waals surface area contributed by atoms with Crippen LogP contribution in [-0.4, -0.2) is 35.3 Å². The van der Waals surface area contributed by atoms with Crippen LogP contribution in [0.3, 0.4) is 0 Å². The molecule has 3 rings (SSSR count). The molecule has 0 aromatic carbocycles. The van der Waals surface area contributed by atoms with Gasteiger partial charge in [-0.3, -0.25) is 0 Å². The summed E-state index contributed by atoms with van der Waals surface area (Å²) in [6, 6.07) is 0. The van der Waals surface area contributed by atoms with Crippen LogP contribution in [0.1, 0.15) is 36.9 Å². The average Bonchev–Trinajstić information content (AvgIpc) is 2.81. The number of morpholine rings is 1.